The van der Waals surface area contributed by atoms with Crippen LogP contribution in [0.2, 0.25) is 0 Å². The maximum atomic E-state index is 5.51. The molecule has 5 heteroatoms. The number of hydrogen-bond donors (Lipinski definition) is 0. The Morgan fingerprint density at radius 3 is 2.67 bits per heavy atom. The Morgan fingerprint density at radius 1 is 1.19 bits per heavy atom. The van der Waals surface area contributed by atoms with Gasteiger partial charge >= 0.3 is 0 Å². The van der Waals surface area contributed by atoms with Gasteiger partial charge in [-0.3, -0.25) is 4.90 Å². The van der Waals surface area contributed by atoms with Crippen LogP contribution in [0, 0.1) is 6.92 Å². The van der Waals surface area contributed by atoms with Gasteiger partial charge in [-0.1, -0.05) is 0 Å². The molecule has 3 heterocycles. The number of nitrogens with zero attached hydrogens (tertiary/aromatic N) is 4. The van der Waals surface area contributed by atoms with Gasteiger partial charge in [0.05, 0.1) is 6.04 Å². The molecule has 0 saturated carbocycles. The zero-order valence-electron chi connectivity index (χ0n) is 13.4. The van der Waals surface area contributed by atoms with E-state index < -0.39 is 0 Å². The molecule has 0 aromatic carbocycles. The zero-order chi connectivity index (χ0) is 14.8. The number of hydrogen-bond acceptors (Lipinski definition) is 5. The van der Waals surface area contributed by atoms with E-state index in [1.54, 1.807) is 0 Å². The van der Waals surface area contributed by atoms with Crippen molar-refractivity contribution in [3.05, 3.63) is 17.6 Å². The average molecular weight is 290 g/mol. The van der Waals surface area contributed by atoms with Crippen LogP contribution in [0.1, 0.15) is 43.2 Å². The van der Waals surface area contributed by atoms with E-state index in [9.17, 15) is 0 Å². The smallest absolute Gasteiger partial charge is 0.148 e. The normalized spacial score (nSPS) is 24.4. The summed E-state index contributed by atoms with van der Waals surface area (Å²) in [5.41, 5.74) is 1.06. The minimum absolute atomic E-state index is 0.381. The van der Waals surface area contributed by atoms with Crippen molar-refractivity contribution in [2.24, 2.45) is 0 Å². The molecular formula is C16H26N4O. The van der Waals surface area contributed by atoms with Gasteiger partial charge in [0.15, 0.2) is 0 Å². The van der Waals surface area contributed by atoms with E-state index in [0.717, 1.165) is 43.4 Å². The van der Waals surface area contributed by atoms with Gasteiger partial charge in [0.2, 0.25) is 0 Å². The number of anilines is 1. The van der Waals surface area contributed by atoms with Crippen molar-refractivity contribution in [3.63, 3.8) is 0 Å². The van der Waals surface area contributed by atoms with Crippen molar-refractivity contribution >= 4 is 5.82 Å². The van der Waals surface area contributed by atoms with Gasteiger partial charge in [0.1, 0.15) is 11.6 Å². The van der Waals surface area contributed by atoms with Crippen LogP contribution < -0.4 is 4.90 Å². The fourth-order valence-electron chi connectivity index (χ4n) is 3.47. The molecule has 2 saturated heterocycles. The minimum Gasteiger partial charge on any atom is -0.381 e. The Balaban J connectivity index is 1.84. The Morgan fingerprint density at radius 2 is 1.95 bits per heavy atom. The van der Waals surface area contributed by atoms with Crippen LogP contribution >= 0.6 is 0 Å². The largest absolute Gasteiger partial charge is 0.381 e. The zero-order valence-corrected chi connectivity index (χ0v) is 13.4. The summed E-state index contributed by atoms with van der Waals surface area (Å²) >= 11 is 0. The third kappa shape index (κ3) is 3.19. The molecule has 0 aliphatic carbocycles. The number of rotatable bonds is 3. The van der Waals surface area contributed by atoms with E-state index in [2.05, 4.69) is 22.8 Å². The van der Waals surface area contributed by atoms with Crippen LogP contribution in [0.4, 0.5) is 5.82 Å². The summed E-state index contributed by atoms with van der Waals surface area (Å²) in [5, 5.41) is 0. The molecule has 2 aliphatic rings. The standard InChI is InChI=1S/C16H26N4O/c1-12-11-15(19(2)3)18-16(17-12)14-5-4-8-20(14)13-6-9-21-10-7-13/h11,13-14H,4-10H2,1-3H3/t14-/m1/s1. The first-order valence-electron chi connectivity index (χ1n) is 8.01. The maximum Gasteiger partial charge on any atom is 0.148 e. The maximum absolute atomic E-state index is 5.51. The van der Waals surface area contributed by atoms with E-state index in [4.69, 9.17) is 14.7 Å². The quantitative estimate of drug-likeness (QED) is 0.853. The highest BCUT2D eigenvalue weighted by molar-refractivity contribution is 5.38. The fraction of sp³-hybridized carbons (Fsp3) is 0.750. The second kappa shape index (κ2) is 6.28. The van der Waals surface area contributed by atoms with Crippen molar-refractivity contribution in [1.82, 2.24) is 14.9 Å². The van der Waals surface area contributed by atoms with E-state index in [-0.39, 0.29) is 0 Å². The molecule has 0 spiro atoms. The molecule has 1 atom stereocenters. The lowest BCUT2D eigenvalue weighted by Crippen LogP contribution is -2.39. The van der Waals surface area contributed by atoms with Crippen LogP contribution in [0.5, 0.6) is 0 Å². The van der Waals surface area contributed by atoms with Gasteiger partial charge in [-0.05, 0) is 39.2 Å². The van der Waals surface area contributed by atoms with Gasteiger partial charge in [-0.2, -0.15) is 0 Å². The topological polar surface area (TPSA) is 41.5 Å². The highest BCUT2D eigenvalue weighted by Gasteiger charge is 2.34. The molecule has 0 amide bonds. The molecule has 5 nitrogen and oxygen atoms in total. The monoisotopic (exact) mass is 290 g/mol. The lowest BCUT2D eigenvalue weighted by molar-refractivity contribution is 0.0279. The van der Waals surface area contributed by atoms with Gasteiger partial charge < -0.3 is 9.64 Å². The fourth-order valence-corrected chi connectivity index (χ4v) is 3.47. The SMILES string of the molecule is Cc1cc(N(C)C)nc([C@H]2CCCN2C2CCOCC2)n1. The summed E-state index contributed by atoms with van der Waals surface area (Å²) in [6.45, 7) is 5.02. The van der Waals surface area contributed by atoms with Crippen molar-refractivity contribution in [3.8, 4) is 0 Å². The highest BCUT2D eigenvalue weighted by atomic mass is 16.5. The second-order valence-electron chi connectivity index (χ2n) is 6.36. The molecule has 0 bridgehead atoms. The first-order chi connectivity index (χ1) is 10.1. The van der Waals surface area contributed by atoms with Gasteiger partial charge in [0.25, 0.3) is 0 Å². The van der Waals surface area contributed by atoms with Gasteiger partial charge in [-0.25, -0.2) is 9.97 Å². The Hall–Kier alpha value is -1.20. The van der Waals surface area contributed by atoms with E-state index in [0.29, 0.717) is 12.1 Å². The van der Waals surface area contributed by atoms with E-state index in [1.807, 2.05) is 14.1 Å². The summed E-state index contributed by atoms with van der Waals surface area (Å²) in [5.74, 6) is 2.01. The van der Waals surface area contributed by atoms with Crippen LogP contribution in [-0.2, 0) is 4.74 Å². The minimum atomic E-state index is 0.381. The molecule has 0 N–H and O–H groups in total. The number of ether oxygens (including phenoxy) is 1. The molecule has 0 unspecified atom stereocenters. The molecule has 0 radical (unpaired) electrons. The molecular weight excluding hydrogens is 264 g/mol. The van der Waals surface area contributed by atoms with Crippen LogP contribution in [-0.4, -0.2) is 54.8 Å². The predicted molar refractivity (Wildman–Crippen MR) is 83.6 cm³/mol. The molecule has 1 aromatic heterocycles. The average Bonchev–Trinajstić information content (AvgIpc) is 2.97. The Bertz CT molecular complexity index is 485. The lowest BCUT2D eigenvalue weighted by Gasteiger charge is -2.35. The van der Waals surface area contributed by atoms with E-state index in [1.165, 1.54) is 19.4 Å². The molecule has 1 aromatic rings. The first-order valence-corrected chi connectivity index (χ1v) is 8.01. The second-order valence-corrected chi connectivity index (χ2v) is 6.36. The number of aryl methyl sites for hydroxylation is 1. The highest BCUT2D eigenvalue weighted by Crippen LogP contribution is 2.35. The summed E-state index contributed by atoms with van der Waals surface area (Å²) in [7, 11) is 4.08. The van der Waals surface area contributed by atoms with Crippen LogP contribution in [0.3, 0.4) is 0 Å². The molecule has 3 rings (SSSR count). The summed E-state index contributed by atoms with van der Waals surface area (Å²) in [6, 6.07) is 3.07. The summed E-state index contributed by atoms with van der Waals surface area (Å²) in [4.78, 5) is 14.2. The Kier molecular flexibility index (Phi) is 4.40. The van der Waals surface area contributed by atoms with Crippen molar-refractivity contribution in [1.29, 1.82) is 0 Å². The molecule has 2 aliphatic heterocycles. The lowest BCUT2D eigenvalue weighted by atomic mass is 10.1. The van der Waals surface area contributed by atoms with Crippen molar-refractivity contribution in [2.75, 3.05) is 38.8 Å². The summed E-state index contributed by atoms with van der Waals surface area (Å²) < 4.78 is 5.51. The van der Waals surface area contributed by atoms with Crippen LogP contribution in [0.25, 0.3) is 0 Å². The molecule has 21 heavy (non-hydrogen) atoms. The number of aromatic nitrogens is 2. The third-order valence-corrected chi connectivity index (χ3v) is 4.57. The van der Waals surface area contributed by atoms with Gasteiger partial charge in [0, 0.05) is 45.1 Å². The predicted octanol–water partition coefficient (Wildman–Crippen LogP) is 2.17. The number of likely N-dealkylation sites (tertiary alicyclic amines) is 1. The van der Waals surface area contributed by atoms with Crippen molar-refractivity contribution in [2.45, 2.75) is 44.7 Å². The summed E-state index contributed by atoms with van der Waals surface area (Å²) in [6.07, 6.45) is 4.70. The molecule has 2 fully saturated rings. The van der Waals surface area contributed by atoms with E-state index >= 15 is 0 Å². The van der Waals surface area contributed by atoms with Crippen LogP contribution in [0.15, 0.2) is 6.07 Å². The molecule has 116 valence electrons. The Labute approximate surface area is 127 Å². The van der Waals surface area contributed by atoms with Crippen molar-refractivity contribution < 1.29 is 4.74 Å². The van der Waals surface area contributed by atoms with Gasteiger partial charge in [-0.15, -0.1) is 0 Å². The first kappa shape index (κ1) is 14.7. The third-order valence-electron chi connectivity index (χ3n) is 4.57.